The highest BCUT2D eigenvalue weighted by atomic mass is 32.2. The third-order valence-electron chi connectivity index (χ3n) is 3.36. The Morgan fingerprint density at radius 2 is 2.00 bits per heavy atom. The summed E-state index contributed by atoms with van der Waals surface area (Å²) in [7, 11) is 0. The molecular formula is C14H19N5O3S. The van der Waals surface area contributed by atoms with Gasteiger partial charge in [0, 0.05) is 5.69 Å². The lowest BCUT2D eigenvalue weighted by molar-refractivity contribution is 0.0525. The van der Waals surface area contributed by atoms with Gasteiger partial charge in [-0.05, 0) is 33.3 Å². The van der Waals surface area contributed by atoms with Crippen molar-refractivity contribution in [2.75, 3.05) is 18.2 Å². The Balaban J connectivity index is 2.15. The number of rotatable bonds is 6. The fraction of sp³-hybridized carbons (Fsp3) is 0.429. The van der Waals surface area contributed by atoms with E-state index in [1.165, 1.54) is 16.4 Å². The first-order valence-corrected chi connectivity index (χ1v) is 8.04. The van der Waals surface area contributed by atoms with Gasteiger partial charge in [-0.3, -0.25) is 4.79 Å². The first kappa shape index (κ1) is 17.1. The number of esters is 1. The van der Waals surface area contributed by atoms with Crippen LogP contribution in [0, 0.1) is 20.8 Å². The molecule has 124 valence electrons. The van der Waals surface area contributed by atoms with Gasteiger partial charge in [0.2, 0.25) is 5.16 Å². The first-order valence-electron chi connectivity index (χ1n) is 7.06. The maximum absolute atomic E-state index is 12.4. The van der Waals surface area contributed by atoms with Crippen LogP contribution in [0.5, 0.6) is 0 Å². The summed E-state index contributed by atoms with van der Waals surface area (Å²) >= 11 is 1.19. The van der Waals surface area contributed by atoms with E-state index in [9.17, 15) is 9.59 Å². The SMILES string of the molecule is CCOC(=O)c1c(C)[nH]c(C(=O)CSc2nnc(C)n2N)c1C. The number of carbonyl (C=O) groups is 2. The average Bonchev–Trinajstić information content (AvgIpc) is 2.97. The molecule has 3 N–H and O–H groups in total. The standard InChI is InChI=1S/C14H19N5O3S/c1-5-22-13(21)11-7(2)12(16-8(11)3)10(20)6-23-14-18-17-9(4)19(14)15/h16H,5-6,15H2,1-4H3. The number of nitrogens with two attached hydrogens (primary N) is 1. The molecule has 2 rings (SSSR count). The van der Waals surface area contributed by atoms with Crippen LogP contribution in [0.1, 0.15) is 44.9 Å². The molecule has 0 saturated heterocycles. The highest BCUT2D eigenvalue weighted by molar-refractivity contribution is 7.99. The van der Waals surface area contributed by atoms with Crippen LogP contribution < -0.4 is 5.84 Å². The molecule has 0 spiro atoms. The fourth-order valence-corrected chi connectivity index (χ4v) is 2.96. The summed E-state index contributed by atoms with van der Waals surface area (Å²) in [5, 5.41) is 8.19. The topological polar surface area (TPSA) is 116 Å². The number of H-pyrrole nitrogens is 1. The minimum Gasteiger partial charge on any atom is -0.462 e. The van der Waals surface area contributed by atoms with E-state index in [0.29, 0.717) is 33.5 Å². The minimum atomic E-state index is -0.428. The number of nitrogen functional groups attached to an aromatic ring is 1. The van der Waals surface area contributed by atoms with Crippen molar-refractivity contribution < 1.29 is 14.3 Å². The number of ether oxygens (including phenoxy) is 1. The van der Waals surface area contributed by atoms with E-state index in [1.54, 1.807) is 27.7 Å². The molecule has 0 bridgehead atoms. The van der Waals surface area contributed by atoms with Gasteiger partial charge in [0.25, 0.3) is 0 Å². The summed E-state index contributed by atoms with van der Waals surface area (Å²) in [4.78, 5) is 27.3. The number of Topliss-reactive ketones (excluding diaryl/α,β-unsaturated/α-hetero) is 1. The van der Waals surface area contributed by atoms with Crippen LogP contribution in [0.2, 0.25) is 0 Å². The molecule has 0 radical (unpaired) electrons. The van der Waals surface area contributed by atoms with Crippen LogP contribution in [0.15, 0.2) is 5.16 Å². The van der Waals surface area contributed by atoms with Gasteiger partial charge in [-0.25, -0.2) is 9.47 Å². The highest BCUT2D eigenvalue weighted by Crippen LogP contribution is 2.22. The van der Waals surface area contributed by atoms with Gasteiger partial charge >= 0.3 is 5.97 Å². The minimum absolute atomic E-state index is 0.137. The monoisotopic (exact) mass is 337 g/mol. The molecule has 0 atom stereocenters. The number of hydrogen-bond donors (Lipinski definition) is 2. The maximum atomic E-state index is 12.4. The van der Waals surface area contributed by atoms with Gasteiger partial charge in [0.1, 0.15) is 5.82 Å². The van der Waals surface area contributed by atoms with Crippen molar-refractivity contribution in [3.63, 3.8) is 0 Å². The van der Waals surface area contributed by atoms with Gasteiger partial charge in [-0.15, -0.1) is 10.2 Å². The third kappa shape index (κ3) is 3.39. The molecule has 23 heavy (non-hydrogen) atoms. The normalized spacial score (nSPS) is 10.8. The second kappa shape index (κ2) is 6.86. The van der Waals surface area contributed by atoms with E-state index in [1.807, 2.05) is 0 Å². The molecule has 0 unspecified atom stereocenters. The number of nitrogens with zero attached hydrogens (tertiary/aromatic N) is 3. The molecule has 0 aliphatic heterocycles. The van der Waals surface area contributed by atoms with E-state index >= 15 is 0 Å². The molecule has 0 saturated carbocycles. The number of ketones is 1. The van der Waals surface area contributed by atoms with E-state index in [0.717, 1.165) is 0 Å². The Labute approximate surface area is 137 Å². The van der Waals surface area contributed by atoms with E-state index in [-0.39, 0.29) is 18.1 Å². The van der Waals surface area contributed by atoms with Crippen LogP contribution in [0.3, 0.4) is 0 Å². The molecular weight excluding hydrogens is 318 g/mol. The van der Waals surface area contributed by atoms with Crippen molar-refractivity contribution in [2.24, 2.45) is 0 Å². The van der Waals surface area contributed by atoms with Crippen molar-refractivity contribution in [1.29, 1.82) is 0 Å². The van der Waals surface area contributed by atoms with Gasteiger partial charge in [-0.1, -0.05) is 11.8 Å². The molecule has 0 aliphatic carbocycles. The zero-order valence-corrected chi connectivity index (χ0v) is 14.3. The van der Waals surface area contributed by atoms with Crippen molar-refractivity contribution in [1.82, 2.24) is 19.9 Å². The van der Waals surface area contributed by atoms with Crippen LogP contribution >= 0.6 is 11.8 Å². The summed E-state index contributed by atoms with van der Waals surface area (Å²) in [6.45, 7) is 7.21. The van der Waals surface area contributed by atoms with E-state index < -0.39 is 5.97 Å². The van der Waals surface area contributed by atoms with Gasteiger partial charge < -0.3 is 15.6 Å². The smallest absolute Gasteiger partial charge is 0.340 e. The number of aryl methyl sites for hydroxylation is 2. The summed E-state index contributed by atoms with van der Waals surface area (Å²) in [6.07, 6.45) is 0. The Kier molecular flexibility index (Phi) is 5.09. The maximum Gasteiger partial charge on any atom is 0.340 e. The summed E-state index contributed by atoms with van der Waals surface area (Å²) in [5.74, 6) is 5.88. The van der Waals surface area contributed by atoms with E-state index in [4.69, 9.17) is 10.6 Å². The van der Waals surface area contributed by atoms with Crippen LogP contribution in [0.4, 0.5) is 0 Å². The van der Waals surface area contributed by atoms with Crippen molar-refractivity contribution in [3.05, 3.63) is 28.3 Å². The second-order valence-electron chi connectivity index (χ2n) is 4.96. The largest absolute Gasteiger partial charge is 0.462 e. The third-order valence-corrected chi connectivity index (χ3v) is 4.31. The van der Waals surface area contributed by atoms with Crippen molar-refractivity contribution >= 4 is 23.5 Å². The number of hydrogen-bond acceptors (Lipinski definition) is 7. The molecule has 2 aromatic heterocycles. The lowest BCUT2D eigenvalue weighted by Crippen LogP contribution is -2.13. The predicted octanol–water partition coefficient (Wildman–Crippen LogP) is 1.40. The van der Waals surface area contributed by atoms with Crippen LogP contribution in [-0.4, -0.2) is 44.0 Å². The quantitative estimate of drug-likeness (QED) is 0.354. The Morgan fingerprint density at radius 1 is 1.30 bits per heavy atom. The fourth-order valence-electron chi connectivity index (χ4n) is 2.19. The lowest BCUT2D eigenvalue weighted by Gasteiger charge is -2.03. The molecule has 0 aromatic carbocycles. The average molecular weight is 337 g/mol. The molecule has 2 heterocycles. The van der Waals surface area contributed by atoms with Gasteiger partial charge in [-0.2, -0.15) is 0 Å². The molecule has 0 fully saturated rings. The van der Waals surface area contributed by atoms with Gasteiger partial charge in [0.15, 0.2) is 5.78 Å². The first-order chi connectivity index (χ1) is 10.9. The number of thioether (sulfide) groups is 1. The summed E-state index contributed by atoms with van der Waals surface area (Å²) in [5.41, 5.74) is 2.03. The molecule has 0 aliphatic rings. The number of carbonyl (C=O) groups excluding carboxylic acids is 2. The van der Waals surface area contributed by atoms with E-state index in [2.05, 4.69) is 15.2 Å². The highest BCUT2D eigenvalue weighted by Gasteiger charge is 2.23. The number of aromatic amines is 1. The van der Waals surface area contributed by atoms with Crippen LogP contribution in [0.25, 0.3) is 0 Å². The number of nitrogens with one attached hydrogen (secondary N) is 1. The van der Waals surface area contributed by atoms with Crippen molar-refractivity contribution in [2.45, 2.75) is 32.9 Å². The number of aromatic nitrogens is 4. The lowest BCUT2D eigenvalue weighted by atomic mass is 10.1. The second-order valence-corrected chi connectivity index (χ2v) is 5.90. The zero-order valence-electron chi connectivity index (χ0n) is 13.5. The molecule has 9 heteroatoms. The Bertz CT molecular complexity index is 750. The molecule has 0 amide bonds. The zero-order chi connectivity index (χ0) is 17.1. The summed E-state index contributed by atoms with van der Waals surface area (Å²) in [6, 6.07) is 0. The van der Waals surface area contributed by atoms with Crippen molar-refractivity contribution in [3.8, 4) is 0 Å². The molecule has 8 nitrogen and oxygen atoms in total. The van der Waals surface area contributed by atoms with Gasteiger partial charge in [0.05, 0.1) is 23.6 Å². The Hall–Kier alpha value is -2.29. The predicted molar refractivity (Wildman–Crippen MR) is 86.2 cm³/mol. The molecule has 2 aromatic rings. The summed E-state index contributed by atoms with van der Waals surface area (Å²) < 4.78 is 6.35. The van der Waals surface area contributed by atoms with Crippen LogP contribution in [-0.2, 0) is 4.74 Å². The Morgan fingerprint density at radius 3 is 2.57 bits per heavy atom.